The van der Waals surface area contributed by atoms with Crippen molar-refractivity contribution in [3.63, 3.8) is 0 Å². The highest BCUT2D eigenvalue weighted by Gasteiger charge is 2.59. The van der Waals surface area contributed by atoms with Crippen LogP contribution in [-0.4, -0.2) is 115 Å². The summed E-state index contributed by atoms with van der Waals surface area (Å²) in [5, 5.41) is 16.9. The number of nitrogens with zero attached hydrogens (tertiary/aromatic N) is 4. The normalized spacial score (nSPS) is 36.6. The molecule has 1 saturated carbocycles. The van der Waals surface area contributed by atoms with Crippen LogP contribution >= 0.6 is 11.8 Å². The Morgan fingerprint density at radius 2 is 2.07 bits per heavy atom. The largest absolute Gasteiger partial charge is 0.379 e. The van der Waals surface area contributed by atoms with Gasteiger partial charge in [-0.1, -0.05) is 24.8 Å². The number of ketones is 1. The highest BCUT2D eigenvalue weighted by molar-refractivity contribution is 8.01. The number of hydrogen-bond acceptors (Lipinski definition) is 10. The number of rotatable bonds is 7. The molecule has 0 aromatic heterocycles. The Morgan fingerprint density at radius 3 is 2.81 bits per heavy atom. The molecule has 3 saturated heterocycles. The second-order valence-corrected chi connectivity index (χ2v) is 14.0. The summed E-state index contributed by atoms with van der Waals surface area (Å²) in [7, 11) is 3.86. The van der Waals surface area contributed by atoms with Crippen LogP contribution < -0.4 is 10.6 Å². The molecule has 1 amide bonds. The van der Waals surface area contributed by atoms with E-state index in [1.165, 1.54) is 11.6 Å². The second kappa shape index (κ2) is 13.0. The molecule has 4 heterocycles. The fraction of sp³-hybridized carbons (Fsp3) is 0.656. The zero-order valence-electron chi connectivity index (χ0n) is 25.2. The van der Waals surface area contributed by atoms with Gasteiger partial charge in [-0.2, -0.15) is 5.26 Å². The highest BCUT2D eigenvalue weighted by atomic mass is 32.2. The lowest BCUT2D eigenvalue weighted by Crippen LogP contribution is -2.76. The average Bonchev–Trinajstić information content (AvgIpc) is 3.45. The molecule has 4 fully saturated rings. The third-order valence-corrected chi connectivity index (χ3v) is 12.0. The number of likely N-dealkylation sites (tertiary alicyclic amines) is 1. The molecule has 7 unspecified atom stereocenters. The van der Waals surface area contributed by atoms with Crippen LogP contribution in [0.15, 0.2) is 41.8 Å². The van der Waals surface area contributed by atoms with E-state index in [1.807, 2.05) is 12.1 Å². The molecule has 43 heavy (non-hydrogen) atoms. The molecule has 8 atom stereocenters. The molecule has 5 aliphatic rings. The number of benzene rings is 1. The van der Waals surface area contributed by atoms with Gasteiger partial charge in [-0.05, 0) is 57.0 Å². The quantitative estimate of drug-likeness (QED) is 0.446. The van der Waals surface area contributed by atoms with E-state index in [-0.39, 0.29) is 42.3 Å². The summed E-state index contributed by atoms with van der Waals surface area (Å²) >= 11 is 1.68. The van der Waals surface area contributed by atoms with Gasteiger partial charge in [-0.15, -0.1) is 11.8 Å². The lowest BCUT2D eigenvalue weighted by Gasteiger charge is -2.56. The van der Waals surface area contributed by atoms with Crippen molar-refractivity contribution in [3.8, 4) is 6.07 Å². The van der Waals surface area contributed by atoms with E-state index in [9.17, 15) is 14.9 Å². The molecule has 1 aliphatic carbocycles. The summed E-state index contributed by atoms with van der Waals surface area (Å²) in [5.41, 5.74) is 1.23. The van der Waals surface area contributed by atoms with Crippen LogP contribution in [0.4, 0.5) is 0 Å². The van der Waals surface area contributed by atoms with Gasteiger partial charge in [-0.25, -0.2) is 0 Å². The molecule has 10 nitrogen and oxygen atoms in total. The van der Waals surface area contributed by atoms with Crippen LogP contribution in [0, 0.1) is 17.2 Å². The molecule has 0 radical (unpaired) electrons. The van der Waals surface area contributed by atoms with Gasteiger partial charge < -0.3 is 19.3 Å². The maximum Gasteiger partial charge on any atom is 0.246 e. The number of thioether (sulfide) groups is 1. The first-order valence-electron chi connectivity index (χ1n) is 15.6. The Bertz CT molecular complexity index is 1260. The van der Waals surface area contributed by atoms with E-state index < -0.39 is 17.1 Å². The topological polar surface area (TPSA) is 110 Å². The SMILES string of the molecule is C=CC(=O)N1CCN(C2NC(OCC3CCCN3C)NC3C(=O)[C@@]4(CCC32)Sc2ccccc2CC4OC)CC1CC#N. The summed E-state index contributed by atoms with van der Waals surface area (Å²) in [4.78, 5) is 34.9. The van der Waals surface area contributed by atoms with Crippen LogP contribution in [0.5, 0.6) is 0 Å². The fourth-order valence-corrected chi connectivity index (χ4v) is 9.52. The maximum absolute atomic E-state index is 14.8. The lowest BCUT2D eigenvalue weighted by molar-refractivity contribution is -0.148. The minimum Gasteiger partial charge on any atom is -0.379 e. The number of amides is 1. The van der Waals surface area contributed by atoms with E-state index in [2.05, 4.69) is 52.3 Å². The van der Waals surface area contributed by atoms with Crippen molar-refractivity contribution in [1.82, 2.24) is 25.3 Å². The minimum absolute atomic E-state index is 0.00629. The third-order valence-electron chi connectivity index (χ3n) is 10.3. The molecule has 6 rings (SSSR count). The van der Waals surface area contributed by atoms with Crippen molar-refractivity contribution < 1.29 is 19.1 Å². The van der Waals surface area contributed by atoms with Crippen LogP contribution in [0.2, 0.25) is 0 Å². The van der Waals surface area contributed by atoms with Crippen molar-refractivity contribution in [2.75, 3.05) is 46.9 Å². The number of methoxy groups -OCH3 is 1. The van der Waals surface area contributed by atoms with Crippen LogP contribution in [-0.2, 0) is 25.5 Å². The zero-order chi connectivity index (χ0) is 30.1. The van der Waals surface area contributed by atoms with E-state index in [0.717, 1.165) is 37.1 Å². The van der Waals surface area contributed by atoms with E-state index in [0.29, 0.717) is 38.7 Å². The number of carbonyl (C=O) groups excluding carboxylic acids is 2. The van der Waals surface area contributed by atoms with Crippen molar-refractivity contribution >= 4 is 23.5 Å². The molecule has 232 valence electrons. The Kier molecular flexibility index (Phi) is 9.27. The van der Waals surface area contributed by atoms with E-state index in [4.69, 9.17) is 9.47 Å². The van der Waals surface area contributed by atoms with Gasteiger partial charge in [0.2, 0.25) is 5.91 Å². The zero-order valence-corrected chi connectivity index (χ0v) is 26.1. The summed E-state index contributed by atoms with van der Waals surface area (Å²) in [5.74, 6) is 0.0435. The number of Topliss-reactive ketones (excluding diaryl/α,β-unsaturated/α-hetero) is 1. The standard InChI is InChI=1S/C32H44N6O4S/c1-4-27(39)38-17-16-37(19-22(38)12-14-33)30-24-11-13-32(26(41-3)18-21-8-5-6-10-25(21)43-32)29(40)28(24)34-31(35-30)42-20-23-9-7-15-36(23)2/h4-6,8,10,22-24,26,28,30-31,34-35H,1,7,9,11-13,15-20H2,2-3H3/t22?,23?,24?,26?,28?,30?,31?,32-/m0/s1. The third kappa shape index (κ3) is 5.79. The summed E-state index contributed by atoms with van der Waals surface area (Å²) in [6.45, 7) is 7.00. The first-order chi connectivity index (χ1) is 20.9. The Labute approximate surface area is 259 Å². The maximum atomic E-state index is 14.8. The lowest BCUT2D eigenvalue weighted by atomic mass is 9.70. The van der Waals surface area contributed by atoms with Crippen LogP contribution in [0.3, 0.4) is 0 Å². The molecule has 11 heteroatoms. The van der Waals surface area contributed by atoms with Crippen LogP contribution in [0.25, 0.3) is 0 Å². The fourth-order valence-electron chi connectivity index (χ4n) is 7.94. The number of piperazine rings is 1. The Morgan fingerprint density at radius 1 is 1.23 bits per heavy atom. The number of fused-ring (bicyclic) bond motifs is 2. The van der Waals surface area contributed by atoms with Crippen LogP contribution in [0.1, 0.15) is 37.7 Å². The number of carbonyl (C=O) groups is 2. The van der Waals surface area contributed by atoms with Gasteiger partial charge in [0, 0.05) is 50.0 Å². The minimum atomic E-state index is -0.673. The molecular formula is C32H44N6O4S. The van der Waals surface area contributed by atoms with E-state index >= 15 is 0 Å². The number of hydrogen-bond donors (Lipinski definition) is 2. The summed E-state index contributed by atoms with van der Waals surface area (Å²) in [6, 6.07) is 10.3. The molecule has 1 spiro atoms. The number of ether oxygens (including phenoxy) is 2. The van der Waals surface area contributed by atoms with Crippen molar-refractivity contribution in [2.45, 2.75) is 84.9 Å². The predicted octanol–water partition coefficient (Wildman–Crippen LogP) is 1.96. The molecule has 1 aromatic carbocycles. The number of likely N-dealkylation sites (N-methyl/N-ethyl adjacent to an activating group) is 1. The van der Waals surface area contributed by atoms with E-state index in [1.54, 1.807) is 23.8 Å². The Balaban J connectivity index is 1.27. The van der Waals surface area contributed by atoms with Gasteiger partial charge in [-0.3, -0.25) is 25.1 Å². The average molecular weight is 609 g/mol. The number of nitriles is 1. The molecular weight excluding hydrogens is 564 g/mol. The van der Waals surface area contributed by atoms with Gasteiger partial charge in [0.15, 0.2) is 12.1 Å². The molecule has 0 bridgehead atoms. The van der Waals surface area contributed by atoms with Crippen molar-refractivity contribution in [1.29, 1.82) is 5.26 Å². The van der Waals surface area contributed by atoms with Gasteiger partial charge in [0.1, 0.15) is 4.75 Å². The highest BCUT2D eigenvalue weighted by Crippen LogP contribution is 2.52. The second-order valence-electron chi connectivity index (χ2n) is 12.6. The van der Waals surface area contributed by atoms with Crippen molar-refractivity contribution in [3.05, 3.63) is 42.5 Å². The van der Waals surface area contributed by atoms with Gasteiger partial charge in [0.05, 0.1) is 43.5 Å². The Hall–Kier alpha value is -2.30. The summed E-state index contributed by atoms with van der Waals surface area (Å²) in [6.07, 6.45) is 5.26. The first kappa shape index (κ1) is 30.7. The monoisotopic (exact) mass is 608 g/mol. The van der Waals surface area contributed by atoms with Gasteiger partial charge in [0.25, 0.3) is 0 Å². The first-order valence-corrected chi connectivity index (χ1v) is 16.4. The summed E-state index contributed by atoms with van der Waals surface area (Å²) < 4.78 is 11.9. The van der Waals surface area contributed by atoms with Gasteiger partial charge >= 0.3 is 0 Å². The molecule has 1 aromatic rings. The molecule has 2 N–H and O–H groups in total. The van der Waals surface area contributed by atoms with Crippen molar-refractivity contribution in [2.24, 2.45) is 5.92 Å². The number of nitrogens with one attached hydrogen (secondary N) is 2. The predicted molar refractivity (Wildman–Crippen MR) is 164 cm³/mol. The molecule has 4 aliphatic heterocycles. The smallest absolute Gasteiger partial charge is 0.246 e.